The van der Waals surface area contributed by atoms with Crippen molar-refractivity contribution in [2.75, 3.05) is 0 Å². The summed E-state index contributed by atoms with van der Waals surface area (Å²) in [4.78, 5) is 10.6. The molecular weight excluding hydrogens is 303 g/mol. The van der Waals surface area contributed by atoms with Gasteiger partial charge in [-0.25, -0.2) is 0 Å². The van der Waals surface area contributed by atoms with E-state index in [2.05, 4.69) is 25.1 Å². The van der Waals surface area contributed by atoms with Crippen LogP contribution in [0, 0.1) is 6.92 Å². The largest absolute Gasteiger partial charge is 0.480 e. The van der Waals surface area contributed by atoms with E-state index in [1.807, 2.05) is 28.7 Å². The molecule has 0 radical (unpaired) electrons. The summed E-state index contributed by atoms with van der Waals surface area (Å²) in [6.45, 7) is 2.07. The highest BCUT2D eigenvalue weighted by molar-refractivity contribution is 14.1. The first-order chi connectivity index (χ1) is 7.09. The molecule has 0 aliphatic carbocycles. The van der Waals surface area contributed by atoms with Crippen molar-refractivity contribution in [3.8, 4) is 0 Å². The molecule has 0 saturated carbocycles. The maximum atomic E-state index is 10.6. The van der Waals surface area contributed by atoms with Gasteiger partial charge in [0, 0.05) is 0 Å². The maximum Gasteiger partial charge on any atom is 0.316 e. The van der Waals surface area contributed by atoms with E-state index in [1.54, 1.807) is 0 Å². The van der Waals surface area contributed by atoms with Gasteiger partial charge in [-0.05, 0) is 31.7 Å². The summed E-state index contributed by atoms with van der Waals surface area (Å²) in [6, 6.07) is 8.37. The Morgan fingerprint density at radius 3 is 2.87 bits per heavy atom. The number of carbonyl (C=O) groups is 1. The molecule has 1 N–H and O–H groups in total. The molecule has 1 unspecified atom stereocenters. The average Bonchev–Trinajstić information content (AvgIpc) is 2.17. The molecule has 0 heterocycles. The van der Waals surface area contributed by atoms with Crippen molar-refractivity contribution in [1.82, 2.24) is 0 Å². The van der Waals surface area contributed by atoms with E-state index in [1.165, 1.54) is 11.1 Å². The lowest BCUT2D eigenvalue weighted by molar-refractivity contribution is -0.136. The number of rotatable bonds is 5. The smallest absolute Gasteiger partial charge is 0.316 e. The quantitative estimate of drug-likeness (QED) is 0.669. The third-order valence-corrected chi connectivity index (χ3v) is 3.43. The summed E-state index contributed by atoms with van der Waals surface area (Å²) in [5.74, 6) is -0.708. The zero-order valence-electron chi connectivity index (χ0n) is 8.74. The number of benzene rings is 1. The van der Waals surface area contributed by atoms with Crippen molar-refractivity contribution in [1.29, 1.82) is 0 Å². The Labute approximate surface area is 104 Å². The number of hydrogen-bond acceptors (Lipinski definition) is 1. The Morgan fingerprint density at radius 2 is 2.27 bits per heavy atom. The molecule has 0 bridgehead atoms. The molecule has 0 aromatic heterocycles. The van der Waals surface area contributed by atoms with Gasteiger partial charge in [-0.2, -0.15) is 0 Å². The van der Waals surface area contributed by atoms with E-state index < -0.39 is 5.97 Å². The summed E-state index contributed by atoms with van der Waals surface area (Å²) < 4.78 is -0.257. The van der Waals surface area contributed by atoms with Crippen LogP contribution in [0.15, 0.2) is 24.3 Å². The molecule has 1 aromatic carbocycles. The topological polar surface area (TPSA) is 37.3 Å². The molecular formula is C12H15IO2. The second-order valence-electron chi connectivity index (χ2n) is 3.69. The van der Waals surface area contributed by atoms with E-state index in [4.69, 9.17) is 5.11 Å². The second-order valence-corrected chi connectivity index (χ2v) is 5.19. The lowest BCUT2D eigenvalue weighted by atomic mass is 10.1. The number of alkyl halides is 1. The van der Waals surface area contributed by atoms with Crippen molar-refractivity contribution in [2.24, 2.45) is 0 Å². The van der Waals surface area contributed by atoms with Crippen LogP contribution in [-0.4, -0.2) is 15.0 Å². The molecule has 3 heteroatoms. The summed E-state index contributed by atoms with van der Waals surface area (Å²) in [7, 11) is 0. The van der Waals surface area contributed by atoms with Crippen molar-refractivity contribution in [3.05, 3.63) is 35.4 Å². The fourth-order valence-electron chi connectivity index (χ4n) is 1.48. The molecule has 0 saturated heterocycles. The Hall–Kier alpha value is -0.580. The normalized spacial score (nSPS) is 12.4. The Morgan fingerprint density at radius 1 is 1.53 bits per heavy atom. The van der Waals surface area contributed by atoms with Gasteiger partial charge in [-0.1, -0.05) is 52.4 Å². The molecule has 0 fully saturated rings. The predicted molar refractivity (Wildman–Crippen MR) is 69.6 cm³/mol. The fourth-order valence-corrected chi connectivity index (χ4v) is 1.92. The van der Waals surface area contributed by atoms with Crippen LogP contribution in [0.25, 0.3) is 0 Å². The summed E-state index contributed by atoms with van der Waals surface area (Å²) in [5, 5.41) is 8.72. The van der Waals surface area contributed by atoms with Crippen LogP contribution < -0.4 is 0 Å². The summed E-state index contributed by atoms with van der Waals surface area (Å²) in [6.07, 6.45) is 2.64. The van der Waals surface area contributed by atoms with Gasteiger partial charge in [-0.3, -0.25) is 4.79 Å². The zero-order chi connectivity index (χ0) is 11.3. The fraction of sp³-hybridized carbons (Fsp3) is 0.417. The van der Waals surface area contributed by atoms with E-state index >= 15 is 0 Å². The SMILES string of the molecule is Cc1cccc(CCCC(I)C(=O)O)c1. The summed E-state index contributed by atoms with van der Waals surface area (Å²) >= 11 is 1.98. The minimum absolute atomic E-state index is 0.257. The van der Waals surface area contributed by atoms with Crippen molar-refractivity contribution in [3.63, 3.8) is 0 Å². The lowest BCUT2D eigenvalue weighted by Gasteiger charge is -2.05. The highest BCUT2D eigenvalue weighted by atomic mass is 127. The van der Waals surface area contributed by atoms with Gasteiger partial charge in [0.25, 0.3) is 0 Å². The minimum atomic E-state index is -0.708. The second kappa shape index (κ2) is 6.10. The molecule has 2 nitrogen and oxygen atoms in total. The van der Waals surface area contributed by atoms with Gasteiger partial charge in [0.2, 0.25) is 0 Å². The molecule has 82 valence electrons. The molecule has 0 aliphatic rings. The van der Waals surface area contributed by atoms with Gasteiger partial charge in [0.15, 0.2) is 0 Å². The number of halogens is 1. The van der Waals surface area contributed by atoms with Gasteiger partial charge in [0.1, 0.15) is 3.92 Å². The average molecular weight is 318 g/mol. The number of aryl methyl sites for hydroxylation is 2. The van der Waals surface area contributed by atoms with Crippen LogP contribution in [0.1, 0.15) is 24.0 Å². The highest BCUT2D eigenvalue weighted by Crippen LogP contribution is 2.13. The molecule has 0 aliphatic heterocycles. The van der Waals surface area contributed by atoms with Crippen LogP contribution in [0.5, 0.6) is 0 Å². The maximum absolute atomic E-state index is 10.6. The molecule has 1 atom stereocenters. The van der Waals surface area contributed by atoms with Crippen LogP contribution in [0.3, 0.4) is 0 Å². The predicted octanol–water partition coefficient (Wildman–Crippen LogP) is 3.21. The standard InChI is InChI=1S/C12H15IO2/c1-9-4-2-5-10(8-9)6-3-7-11(13)12(14)15/h2,4-5,8,11H,3,6-7H2,1H3,(H,14,15). The first-order valence-corrected chi connectivity index (χ1v) is 6.26. The van der Waals surface area contributed by atoms with Crippen molar-refractivity contribution in [2.45, 2.75) is 30.1 Å². The Balaban J connectivity index is 2.35. The molecule has 15 heavy (non-hydrogen) atoms. The number of carboxylic acid groups (broad SMARTS) is 1. The molecule has 0 amide bonds. The summed E-state index contributed by atoms with van der Waals surface area (Å²) in [5.41, 5.74) is 2.56. The number of aliphatic carboxylic acids is 1. The highest BCUT2D eigenvalue weighted by Gasteiger charge is 2.11. The van der Waals surface area contributed by atoms with Crippen LogP contribution in [-0.2, 0) is 11.2 Å². The zero-order valence-corrected chi connectivity index (χ0v) is 10.9. The van der Waals surface area contributed by atoms with Gasteiger partial charge >= 0.3 is 5.97 Å². The first-order valence-electron chi connectivity index (χ1n) is 5.02. The van der Waals surface area contributed by atoms with Crippen LogP contribution in [0.2, 0.25) is 0 Å². The monoisotopic (exact) mass is 318 g/mol. The van der Waals surface area contributed by atoms with Gasteiger partial charge in [-0.15, -0.1) is 0 Å². The molecule has 1 rings (SSSR count). The van der Waals surface area contributed by atoms with E-state index in [0.717, 1.165) is 19.3 Å². The minimum Gasteiger partial charge on any atom is -0.480 e. The van der Waals surface area contributed by atoms with Crippen LogP contribution >= 0.6 is 22.6 Å². The van der Waals surface area contributed by atoms with E-state index in [0.29, 0.717) is 0 Å². The lowest BCUT2D eigenvalue weighted by Crippen LogP contribution is -2.12. The third kappa shape index (κ3) is 4.64. The van der Waals surface area contributed by atoms with E-state index in [-0.39, 0.29) is 3.92 Å². The van der Waals surface area contributed by atoms with E-state index in [9.17, 15) is 4.79 Å². The van der Waals surface area contributed by atoms with Crippen molar-refractivity contribution >= 4 is 28.6 Å². The van der Waals surface area contributed by atoms with Crippen molar-refractivity contribution < 1.29 is 9.90 Å². The first kappa shape index (κ1) is 12.5. The number of hydrogen-bond donors (Lipinski definition) is 1. The third-order valence-electron chi connectivity index (χ3n) is 2.27. The molecule has 1 aromatic rings. The van der Waals surface area contributed by atoms with Gasteiger partial charge < -0.3 is 5.11 Å². The Bertz CT molecular complexity index is 336. The van der Waals surface area contributed by atoms with Gasteiger partial charge in [0.05, 0.1) is 0 Å². The Kier molecular flexibility index (Phi) is 5.08. The molecule has 0 spiro atoms. The van der Waals surface area contributed by atoms with Crippen LogP contribution in [0.4, 0.5) is 0 Å². The number of carboxylic acids is 1.